The lowest BCUT2D eigenvalue weighted by Gasteiger charge is -2.27. The fourth-order valence-corrected chi connectivity index (χ4v) is 3.13. The van der Waals surface area contributed by atoms with E-state index in [9.17, 15) is 13.2 Å². The maximum Gasteiger partial charge on any atom is 0.433 e. The summed E-state index contributed by atoms with van der Waals surface area (Å²) in [6, 6.07) is 10.0. The largest absolute Gasteiger partial charge is 0.433 e. The molecule has 3 aromatic heterocycles. The molecule has 0 spiro atoms. The smallest absolute Gasteiger partial charge is 0.383 e. The summed E-state index contributed by atoms with van der Waals surface area (Å²) >= 11 is 0. The van der Waals surface area contributed by atoms with Crippen LogP contribution < -0.4 is 5.73 Å². The van der Waals surface area contributed by atoms with Gasteiger partial charge >= 0.3 is 6.18 Å². The van der Waals surface area contributed by atoms with Crippen LogP contribution in [0.1, 0.15) is 17.0 Å². The Bertz CT molecular complexity index is 951. The quantitative estimate of drug-likeness (QED) is 0.763. The highest BCUT2D eigenvalue weighted by Crippen LogP contribution is 2.29. The average Bonchev–Trinajstić information content (AvgIpc) is 3.07. The number of nitrogen functional groups attached to an aromatic ring is 1. The highest BCUT2D eigenvalue weighted by Gasteiger charge is 2.33. The van der Waals surface area contributed by atoms with Crippen LogP contribution in [0.4, 0.5) is 19.0 Å². The Balaban J connectivity index is 1.50. The molecule has 0 atom stereocenters. The predicted octanol–water partition coefficient (Wildman–Crippen LogP) is 2.96. The molecule has 9 heteroatoms. The number of anilines is 1. The third-order valence-corrected chi connectivity index (χ3v) is 4.50. The molecule has 140 valence electrons. The fraction of sp³-hybridized carbons (Fsp3) is 0.278. The molecular formula is C18H17F3N6. The monoisotopic (exact) mass is 374 g/mol. The molecule has 0 aliphatic carbocycles. The highest BCUT2D eigenvalue weighted by atomic mass is 19.4. The van der Waals surface area contributed by atoms with E-state index < -0.39 is 11.9 Å². The minimum absolute atomic E-state index is 0.0851. The first-order valence-corrected chi connectivity index (χ1v) is 8.43. The van der Waals surface area contributed by atoms with E-state index in [2.05, 4.69) is 20.0 Å². The van der Waals surface area contributed by atoms with E-state index >= 15 is 0 Å². The lowest BCUT2D eigenvalue weighted by molar-refractivity contribution is -0.141. The minimum Gasteiger partial charge on any atom is -0.383 e. The van der Waals surface area contributed by atoms with Crippen molar-refractivity contribution in [3.05, 3.63) is 59.5 Å². The molecule has 4 rings (SSSR count). The van der Waals surface area contributed by atoms with Crippen molar-refractivity contribution in [2.24, 2.45) is 0 Å². The number of fused-ring (bicyclic) bond motifs is 1. The van der Waals surface area contributed by atoms with Gasteiger partial charge in [0.05, 0.1) is 17.9 Å². The van der Waals surface area contributed by atoms with Crippen molar-refractivity contribution in [2.75, 3.05) is 12.3 Å². The summed E-state index contributed by atoms with van der Waals surface area (Å²) in [5, 5.41) is 4.58. The van der Waals surface area contributed by atoms with Gasteiger partial charge in [0.25, 0.3) is 0 Å². The van der Waals surface area contributed by atoms with E-state index in [1.165, 1.54) is 6.07 Å². The van der Waals surface area contributed by atoms with E-state index in [1.807, 2.05) is 28.9 Å². The van der Waals surface area contributed by atoms with Gasteiger partial charge in [0.15, 0.2) is 0 Å². The first-order chi connectivity index (χ1) is 12.9. The molecule has 0 fully saturated rings. The molecular weight excluding hydrogens is 357 g/mol. The molecule has 0 unspecified atom stereocenters. The number of aromatic nitrogens is 4. The zero-order valence-corrected chi connectivity index (χ0v) is 14.3. The van der Waals surface area contributed by atoms with Crippen molar-refractivity contribution in [3.8, 4) is 11.4 Å². The van der Waals surface area contributed by atoms with Crippen LogP contribution in [-0.2, 0) is 25.8 Å². The van der Waals surface area contributed by atoms with Gasteiger partial charge in [-0.25, -0.2) is 4.98 Å². The Morgan fingerprint density at radius 1 is 1.07 bits per heavy atom. The number of nitrogens with two attached hydrogens (primary N) is 1. The Morgan fingerprint density at radius 3 is 2.63 bits per heavy atom. The van der Waals surface area contributed by atoms with Crippen molar-refractivity contribution in [2.45, 2.75) is 25.8 Å². The van der Waals surface area contributed by atoms with Gasteiger partial charge in [-0.1, -0.05) is 12.1 Å². The SMILES string of the molecule is Nc1nc(C(F)(F)F)ccc1CN1CCn2nc(-c3ccccn3)cc2C1. The minimum atomic E-state index is -4.49. The summed E-state index contributed by atoms with van der Waals surface area (Å²) in [5.74, 6) is -0.0851. The van der Waals surface area contributed by atoms with Crippen LogP contribution in [0.2, 0.25) is 0 Å². The molecule has 27 heavy (non-hydrogen) atoms. The molecule has 1 aliphatic rings. The van der Waals surface area contributed by atoms with E-state index in [1.54, 1.807) is 6.20 Å². The number of rotatable bonds is 3. The van der Waals surface area contributed by atoms with Gasteiger partial charge in [-0.15, -0.1) is 0 Å². The Kier molecular flexibility index (Phi) is 4.31. The molecule has 0 radical (unpaired) electrons. The van der Waals surface area contributed by atoms with Crippen molar-refractivity contribution >= 4 is 5.82 Å². The van der Waals surface area contributed by atoms with E-state index in [-0.39, 0.29) is 5.82 Å². The predicted molar refractivity (Wildman–Crippen MR) is 93.2 cm³/mol. The van der Waals surface area contributed by atoms with Gasteiger partial charge in [0.2, 0.25) is 0 Å². The summed E-state index contributed by atoms with van der Waals surface area (Å²) in [6.07, 6.45) is -2.77. The summed E-state index contributed by atoms with van der Waals surface area (Å²) in [5.41, 5.74) is 8.00. The Hall–Kier alpha value is -2.94. The number of nitrogens with zero attached hydrogens (tertiary/aromatic N) is 5. The Morgan fingerprint density at radius 2 is 1.93 bits per heavy atom. The van der Waals surface area contributed by atoms with Gasteiger partial charge in [-0.3, -0.25) is 14.6 Å². The van der Waals surface area contributed by atoms with Gasteiger partial charge in [-0.2, -0.15) is 18.3 Å². The number of alkyl halides is 3. The normalized spacial score (nSPS) is 14.9. The van der Waals surface area contributed by atoms with Crippen LogP contribution in [-0.4, -0.2) is 31.2 Å². The van der Waals surface area contributed by atoms with Gasteiger partial charge in [0.1, 0.15) is 17.2 Å². The van der Waals surface area contributed by atoms with Gasteiger partial charge < -0.3 is 5.73 Å². The molecule has 0 amide bonds. The molecule has 4 heterocycles. The molecule has 0 bridgehead atoms. The summed E-state index contributed by atoms with van der Waals surface area (Å²) in [6.45, 7) is 2.47. The second-order valence-electron chi connectivity index (χ2n) is 6.41. The zero-order chi connectivity index (χ0) is 19.0. The molecule has 0 saturated heterocycles. The van der Waals surface area contributed by atoms with Crippen molar-refractivity contribution < 1.29 is 13.2 Å². The molecule has 2 N–H and O–H groups in total. The maximum absolute atomic E-state index is 12.7. The van der Waals surface area contributed by atoms with E-state index in [0.29, 0.717) is 25.2 Å². The van der Waals surface area contributed by atoms with E-state index in [4.69, 9.17) is 5.73 Å². The first kappa shape index (κ1) is 17.5. The summed E-state index contributed by atoms with van der Waals surface area (Å²) in [4.78, 5) is 9.92. The number of hydrogen-bond donors (Lipinski definition) is 1. The number of halogens is 3. The number of hydrogen-bond acceptors (Lipinski definition) is 5. The lowest BCUT2D eigenvalue weighted by atomic mass is 10.2. The fourth-order valence-electron chi connectivity index (χ4n) is 3.13. The molecule has 3 aromatic rings. The van der Waals surface area contributed by atoms with Crippen LogP contribution in [0.5, 0.6) is 0 Å². The van der Waals surface area contributed by atoms with Crippen LogP contribution in [0.15, 0.2) is 42.6 Å². The van der Waals surface area contributed by atoms with Crippen LogP contribution in [0.25, 0.3) is 11.4 Å². The zero-order valence-electron chi connectivity index (χ0n) is 14.3. The van der Waals surface area contributed by atoms with Gasteiger partial charge in [0, 0.05) is 31.4 Å². The second kappa shape index (κ2) is 6.66. The maximum atomic E-state index is 12.7. The lowest BCUT2D eigenvalue weighted by Crippen LogP contribution is -2.33. The third-order valence-electron chi connectivity index (χ3n) is 4.50. The van der Waals surface area contributed by atoms with Crippen LogP contribution >= 0.6 is 0 Å². The number of pyridine rings is 2. The summed E-state index contributed by atoms with van der Waals surface area (Å²) in [7, 11) is 0. The molecule has 6 nitrogen and oxygen atoms in total. The van der Waals surface area contributed by atoms with E-state index in [0.717, 1.165) is 29.7 Å². The van der Waals surface area contributed by atoms with Crippen LogP contribution in [0, 0.1) is 0 Å². The molecule has 1 aliphatic heterocycles. The standard InChI is InChI=1S/C18H17F3N6/c19-18(20,21)16-5-4-12(17(22)24-16)10-26-7-8-27-13(11-26)9-15(25-27)14-3-1-2-6-23-14/h1-6,9H,7-8,10-11H2,(H2,22,24). The first-order valence-electron chi connectivity index (χ1n) is 8.43. The van der Waals surface area contributed by atoms with Crippen molar-refractivity contribution in [1.82, 2.24) is 24.6 Å². The van der Waals surface area contributed by atoms with Crippen molar-refractivity contribution in [1.29, 1.82) is 0 Å². The Labute approximate surface area is 153 Å². The summed E-state index contributed by atoms with van der Waals surface area (Å²) < 4.78 is 40.1. The highest BCUT2D eigenvalue weighted by molar-refractivity contribution is 5.54. The van der Waals surface area contributed by atoms with Gasteiger partial charge in [-0.05, 0) is 24.3 Å². The van der Waals surface area contributed by atoms with Crippen molar-refractivity contribution in [3.63, 3.8) is 0 Å². The topological polar surface area (TPSA) is 72.9 Å². The molecule has 0 saturated carbocycles. The third kappa shape index (κ3) is 3.63. The average molecular weight is 374 g/mol. The molecule has 0 aromatic carbocycles. The second-order valence-corrected chi connectivity index (χ2v) is 6.41. The van der Waals surface area contributed by atoms with Crippen LogP contribution in [0.3, 0.4) is 0 Å².